The molecule has 6 nitrogen and oxygen atoms in total. The fraction of sp³-hybridized carbons (Fsp3) is 0.250. The minimum atomic E-state index is 0.551. The van der Waals surface area contributed by atoms with Gasteiger partial charge in [0.15, 0.2) is 0 Å². The Kier molecular flexibility index (Phi) is 5.63. The minimum absolute atomic E-state index is 0.551. The van der Waals surface area contributed by atoms with Crippen molar-refractivity contribution >= 4 is 23.0 Å². The molecule has 0 saturated heterocycles. The molecule has 0 unspecified atom stereocenters. The number of pyridine rings is 1. The Morgan fingerprint density at radius 1 is 0.885 bits per heavy atom. The van der Waals surface area contributed by atoms with Gasteiger partial charge in [-0.05, 0) is 36.1 Å². The molecule has 2 aromatic heterocycles. The molecule has 0 saturated carbocycles. The number of rotatable bonds is 7. The number of nitrogens with one attached hydrogen (secondary N) is 2. The molecule has 3 aromatic rings. The summed E-state index contributed by atoms with van der Waals surface area (Å²) >= 11 is 0. The van der Waals surface area contributed by atoms with Crippen molar-refractivity contribution in [2.24, 2.45) is 5.92 Å². The van der Waals surface area contributed by atoms with Gasteiger partial charge in [-0.15, -0.1) is 0 Å². The lowest BCUT2D eigenvalue weighted by molar-refractivity contribution is 0.398. The zero-order valence-corrected chi connectivity index (χ0v) is 15.2. The van der Waals surface area contributed by atoms with Crippen LogP contribution in [-0.2, 0) is 6.42 Å². The first-order valence-electron chi connectivity index (χ1n) is 8.57. The minimum Gasteiger partial charge on any atom is -0.481 e. The maximum Gasteiger partial charge on any atom is 0.227 e. The van der Waals surface area contributed by atoms with E-state index in [4.69, 9.17) is 4.74 Å². The fourth-order valence-corrected chi connectivity index (χ4v) is 2.55. The molecule has 0 fully saturated rings. The molecule has 0 radical (unpaired) electrons. The normalized spacial score (nSPS) is 10.6. The molecule has 0 amide bonds. The second kappa shape index (κ2) is 8.29. The quantitative estimate of drug-likeness (QED) is 0.651. The highest BCUT2D eigenvalue weighted by Gasteiger charge is 2.02. The third kappa shape index (κ3) is 4.92. The van der Waals surface area contributed by atoms with Crippen LogP contribution in [0.5, 0.6) is 5.88 Å². The van der Waals surface area contributed by atoms with Gasteiger partial charge in [0.05, 0.1) is 25.2 Å². The summed E-state index contributed by atoms with van der Waals surface area (Å²) in [5.41, 5.74) is 3.95. The standard InChI is InChI=1S/C20H23N5O/c1-14(2)10-15-4-6-16(7-5-15)25-20-22-12-18(13-23-20)24-17-8-9-21-19(11-17)26-3/h4-9,11-14H,10H2,1-3H3,(H,21,24)(H,22,23,25). The van der Waals surface area contributed by atoms with Crippen LogP contribution in [0.2, 0.25) is 0 Å². The van der Waals surface area contributed by atoms with Gasteiger partial charge in [0, 0.05) is 23.6 Å². The van der Waals surface area contributed by atoms with Crippen molar-refractivity contribution < 1.29 is 4.74 Å². The van der Waals surface area contributed by atoms with E-state index >= 15 is 0 Å². The Morgan fingerprint density at radius 3 is 2.27 bits per heavy atom. The molecule has 0 aliphatic carbocycles. The Hall–Kier alpha value is -3.15. The van der Waals surface area contributed by atoms with Crippen LogP contribution in [0.1, 0.15) is 19.4 Å². The van der Waals surface area contributed by atoms with Gasteiger partial charge < -0.3 is 15.4 Å². The third-order valence-corrected chi connectivity index (χ3v) is 3.74. The molecular weight excluding hydrogens is 326 g/mol. The first-order chi connectivity index (χ1) is 12.6. The largest absolute Gasteiger partial charge is 0.481 e. The van der Waals surface area contributed by atoms with E-state index in [9.17, 15) is 0 Å². The van der Waals surface area contributed by atoms with Crippen LogP contribution >= 0.6 is 0 Å². The van der Waals surface area contributed by atoms with Crippen LogP contribution in [0.15, 0.2) is 55.0 Å². The summed E-state index contributed by atoms with van der Waals surface area (Å²) in [7, 11) is 1.59. The van der Waals surface area contributed by atoms with E-state index in [1.807, 2.05) is 12.1 Å². The predicted octanol–water partition coefficient (Wildman–Crippen LogP) is 4.57. The van der Waals surface area contributed by atoms with E-state index in [1.54, 1.807) is 25.7 Å². The van der Waals surface area contributed by atoms with E-state index in [1.165, 1.54) is 5.56 Å². The van der Waals surface area contributed by atoms with E-state index < -0.39 is 0 Å². The van der Waals surface area contributed by atoms with Gasteiger partial charge in [-0.1, -0.05) is 26.0 Å². The number of methoxy groups -OCH3 is 1. The number of aromatic nitrogens is 3. The van der Waals surface area contributed by atoms with Crippen LogP contribution < -0.4 is 15.4 Å². The van der Waals surface area contributed by atoms with Crippen LogP contribution in [0.25, 0.3) is 0 Å². The summed E-state index contributed by atoms with van der Waals surface area (Å²) in [5, 5.41) is 6.44. The van der Waals surface area contributed by atoms with Crippen molar-refractivity contribution in [1.82, 2.24) is 15.0 Å². The van der Waals surface area contributed by atoms with Crippen molar-refractivity contribution in [2.45, 2.75) is 20.3 Å². The van der Waals surface area contributed by atoms with E-state index in [2.05, 4.69) is 63.7 Å². The second-order valence-electron chi connectivity index (χ2n) is 6.43. The molecule has 134 valence electrons. The molecule has 2 N–H and O–H groups in total. The van der Waals surface area contributed by atoms with Crippen molar-refractivity contribution in [3.63, 3.8) is 0 Å². The van der Waals surface area contributed by atoms with E-state index in [-0.39, 0.29) is 0 Å². The lowest BCUT2D eigenvalue weighted by Gasteiger charge is -2.09. The van der Waals surface area contributed by atoms with Crippen LogP contribution in [0.4, 0.5) is 23.0 Å². The molecule has 0 spiro atoms. The van der Waals surface area contributed by atoms with Gasteiger partial charge >= 0.3 is 0 Å². The first kappa shape index (κ1) is 17.7. The number of ether oxygens (including phenoxy) is 1. The summed E-state index contributed by atoms with van der Waals surface area (Å²) in [6.45, 7) is 4.44. The number of nitrogens with zero attached hydrogens (tertiary/aromatic N) is 3. The highest BCUT2D eigenvalue weighted by Crippen LogP contribution is 2.20. The number of hydrogen-bond acceptors (Lipinski definition) is 6. The Balaban J connectivity index is 1.62. The average Bonchev–Trinajstić information content (AvgIpc) is 2.65. The van der Waals surface area contributed by atoms with Crippen molar-refractivity contribution in [3.8, 4) is 5.88 Å². The topological polar surface area (TPSA) is 72.0 Å². The lowest BCUT2D eigenvalue weighted by atomic mass is 10.0. The summed E-state index contributed by atoms with van der Waals surface area (Å²) in [5.74, 6) is 1.76. The third-order valence-electron chi connectivity index (χ3n) is 3.74. The van der Waals surface area contributed by atoms with Gasteiger partial charge in [-0.3, -0.25) is 0 Å². The van der Waals surface area contributed by atoms with Gasteiger partial charge in [0.25, 0.3) is 0 Å². The SMILES string of the molecule is COc1cc(Nc2cnc(Nc3ccc(CC(C)C)cc3)nc2)ccn1. The molecule has 0 bridgehead atoms. The highest BCUT2D eigenvalue weighted by molar-refractivity contribution is 5.60. The van der Waals surface area contributed by atoms with Gasteiger partial charge in [0.1, 0.15) is 0 Å². The Morgan fingerprint density at radius 2 is 1.62 bits per heavy atom. The average molecular weight is 349 g/mol. The molecule has 6 heteroatoms. The fourth-order valence-electron chi connectivity index (χ4n) is 2.55. The maximum atomic E-state index is 5.12. The molecule has 0 aliphatic heterocycles. The van der Waals surface area contributed by atoms with Crippen LogP contribution in [-0.4, -0.2) is 22.1 Å². The summed E-state index contributed by atoms with van der Waals surface area (Å²) < 4.78 is 5.12. The van der Waals surface area contributed by atoms with E-state index in [0.717, 1.165) is 23.5 Å². The molecule has 3 rings (SSSR count). The molecule has 26 heavy (non-hydrogen) atoms. The number of anilines is 4. The van der Waals surface area contributed by atoms with Gasteiger partial charge in [0.2, 0.25) is 11.8 Å². The number of hydrogen-bond donors (Lipinski definition) is 2. The van der Waals surface area contributed by atoms with Crippen LogP contribution in [0, 0.1) is 5.92 Å². The second-order valence-corrected chi connectivity index (χ2v) is 6.43. The molecule has 2 heterocycles. The van der Waals surface area contributed by atoms with Gasteiger partial charge in [-0.25, -0.2) is 15.0 Å². The molecule has 0 atom stereocenters. The Bertz CT molecular complexity index is 832. The Labute approximate surface area is 153 Å². The number of benzene rings is 1. The monoisotopic (exact) mass is 349 g/mol. The first-order valence-corrected chi connectivity index (χ1v) is 8.57. The predicted molar refractivity (Wildman–Crippen MR) is 104 cm³/mol. The lowest BCUT2D eigenvalue weighted by Crippen LogP contribution is -1.99. The maximum absolute atomic E-state index is 5.12. The molecule has 1 aromatic carbocycles. The van der Waals surface area contributed by atoms with E-state index in [0.29, 0.717) is 17.7 Å². The zero-order chi connectivity index (χ0) is 18.4. The summed E-state index contributed by atoms with van der Waals surface area (Å²) in [6, 6.07) is 12.0. The van der Waals surface area contributed by atoms with Crippen molar-refractivity contribution in [1.29, 1.82) is 0 Å². The zero-order valence-electron chi connectivity index (χ0n) is 15.2. The smallest absolute Gasteiger partial charge is 0.227 e. The van der Waals surface area contributed by atoms with Crippen molar-refractivity contribution in [3.05, 3.63) is 60.6 Å². The highest BCUT2D eigenvalue weighted by atomic mass is 16.5. The molecule has 0 aliphatic rings. The van der Waals surface area contributed by atoms with Gasteiger partial charge in [-0.2, -0.15) is 0 Å². The molecular formula is C20H23N5O. The summed E-state index contributed by atoms with van der Waals surface area (Å²) in [4.78, 5) is 12.8. The summed E-state index contributed by atoms with van der Waals surface area (Å²) in [6.07, 6.45) is 6.22. The van der Waals surface area contributed by atoms with Crippen molar-refractivity contribution in [2.75, 3.05) is 17.7 Å². The van der Waals surface area contributed by atoms with Crippen LogP contribution in [0.3, 0.4) is 0 Å².